The van der Waals surface area contributed by atoms with Gasteiger partial charge in [0.2, 0.25) is 0 Å². The molecule has 0 saturated carbocycles. The number of nitrogens with one attached hydrogen (secondary N) is 1. The first-order valence-electron chi connectivity index (χ1n) is 8.85. The van der Waals surface area contributed by atoms with Crippen LogP contribution in [0, 0.1) is 6.92 Å². The molecule has 2 aromatic carbocycles. The normalized spacial score (nSPS) is 13.2. The van der Waals surface area contributed by atoms with Gasteiger partial charge in [-0.15, -0.1) is 0 Å². The molecule has 0 bridgehead atoms. The summed E-state index contributed by atoms with van der Waals surface area (Å²) in [5, 5.41) is 3.33. The number of nitrogens with zero attached hydrogens (tertiary/aromatic N) is 2. The Kier molecular flexibility index (Phi) is 4.40. The van der Waals surface area contributed by atoms with Gasteiger partial charge in [-0.25, -0.2) is 0 Å². The Morgan fingerprint density at radius 1 is 1.00 bits per heavy atom. The highest BCUT2D eigenvalue weighted by Gasteiger charge is 2.22. The third kappa shape index (κ3) is 3.45. The van der Waals surface area contributed by atoms with Gasteiger partial charge in [-0.3, -0.25) is 9.78 Å². The van der Waals surface area contributed by atoms with E-state index in [1.165, 1.54) is 16.7 Å². The number of anilines is 2. The predicted molar refractivity (Wildman–Crippen MR) is 104 cm³/mol. The average Bonchev–Trinajstić information content (AvgIpc) is 2.69. The molecule has 0 fully saturated rings. The monoisotopic (exact) mass is 343 g/mol. The van der Waals surface area contributed by atoms with Crippen molar-refractivity contribution in [3.05, 3.63) is 89.2 Å². The summed E-state index contributed by atoms with van der Waals surface area (Å²) in [6.07, 6.45) is 2.57. The Balaban J connectivity index is 1.51. The molecule has 3 aromatic rings. The van der Waals surface area contributed by atoms with E-state index in [1.54, 1.807) is 6.20 Å². The van der Waals surface area contributed by atoms with E-state index in [4.69, 9.17) is 0 Å². The van der Waals surface area contributed by atoms with Crippen LogP contribution in [-0.2, 0) is 13.0 Å². The third-order valence-corrected chi connectivity index (χ3v) is 4.74. The molecule has 1 N–H and O–H groups in total. The maximum absolute atomic E-state index is 12.9. The summed E-state index contributed by atoms with van der Waals surface area (Å²) < 4.78 is 0. The lowest BCUT2D eigenvalue weighted by atomic mass is 10.00. The number of carbonyl (C=O) groups is 1. The Hall–Kier alpha value is -3.14. The van der Waals surface area contributed by atoms with Crippen LogP contribution in [0.15, 0.2) is 66.9 Å². The molecule has 0 aliphatic carbocycles. The number of rotatable bonds is 3. The van der Waals surface area contributed by atoms with Gasteiger partial charge in [-0.1, -0.05) is 42.0 Å². The van der Waals surface area contributed by atoms with Crippen molar-refractivity contribution in [1.82, 2.24) is 9.88 Å². The summed E-state index contributed by atoms with van der Waals surface area (Å²) in [4.78, 5) is 19.1. The first-order valence-corrected chi connectivity index (χ1v) is 8.85. The van der Waals surface area contributed by atoms with E-state index in [9.17, 15) is 4.79 Å². The van der Waals surface area contributed by atoms with Crippen LogP contribution in [0.5, 0.6) is 0 Å². The molecule has 0 radical (unpaired) electrons. The van der Waals surface area contributed by atoms with Crippen LogP contribution in [0.25, 0.3) is 0 Å². The molecular weight excluding hydrogens is 322 g/mol. The van der Waals surface area contributed by atoms with E-state index in [0.717, 1.165) is 24.3 Å². The van der Waals surface area contributed by atoms with Crippen LogP contribution < -0.4 is 5.32 Å². The molecule has 26 heavy (non-hydrogen) atoms. The second kappa shape index (κ2) is 7.00. The van der Waals surface area contributed by atoms with Gasteiger partial charge in [0.05, 0.1) is 0 Å². The summed E-state index contributed by atoms with van der Waals surface area (Å²) in [7, 11) is 0. The van der Waals surface area contributed by atoms with E-state index >= 15 is 0 Å². The number of fused-ring (bicyclic) bond motifs is 1. The van der Waals surface area contributed by atoms with Crippen molar-refractivity contribution in [2.45, 2.75) is 19.9 Å². The summed E-state index contributed by atoms with van der Waals surface area (Å²) in [6.45, 7) is 3.43. The minimum Gasteiger partial charge on any atom is -0.355 e. The van der Waals surface area contributed by atoms with Crippen LogP contribution in [0.1, 0.15) is 27.2 Å². The quantitative estimate of drug-likeness (QED) is 0.770. The number of hydrogen-bond acceptors (Lipinski definition) is 3. The standard InChI is InChI=1S/C22H21N3O/c1-16-6-8-19(9-7-16)24-20-10-12-23-21(14-20)22(26)25-13-11-17-4-2-3-5-18(17)15-25/h2-10,12,14H,11,13,15H2,1H3,(H,23,24). The zero-order valence-corrected chi connectivity index (χ0v) is 14.8. The molecule has 4 nitrogen and oxygen atoms in total. The highest BCUT2D eigenvalue weighted by atomic mass is 16.2. The van der Waals surface area contributed by atoms with Crippen molar-refractivity contribution in [3.8, 4) is 0 Å². The molecule has 0 spiro atoms. The molecule has 4 heteroatoms. The highest BCUT2D eigenvalue weighted by molar-refractivity contribution is 5.93. The Bertz CT molecular complexity index is 934. The summed E-state index contributed by atoms with van der Waals surface area (Å²) >= 11 is 0. The smallest absolute Gasteiger partial charge is 0.272 e. The summed E-state index contributed by atoms with van der Waals surface area (Å²) in [5.74, 6) is -0.0212. The van der Waals surface area contributed by atoms with Crippen molar-refractivity contribution >= 4 is 17.3 Å². The largest absolute Gasteiger partial charge is 0.355 e. The molecular formula is C22H21N3O. The molecule has 4 rings (SSSR count). The van der Waals surface area contributed by atoms with Crippen LogP contribution in [0.2, 0.25) is 0 Å². The number of carbonyl (C=O) groups excluding carboxylic acids is 1. The van der Waals surface area contributed by atoms with Crippen molar-refractivity contribution in [2.75, 3.05) is 11.9 Å². The van der Waals surface area contributed by atoms with Gasteiger partial charge in [-0.2, -0.15) is 0 Å². The lowest BCUT2D eigenvalue weighted by molar-refractivity contribution is 0.0729. The second-order valence-corrected chi connectivity index (χ2v) is 6.67. The predicted octanol–water partition coefficient (Wildman–Crippen LogP) is 4.33. The molecule has 2 heterocycles. The lowest BCUT2D eigenvalue weighted by Gasteiger charge is -2.28. The third-order valence-electron chi connectivity index (χ3n) is 4.74. The Labute approximate surface area is 153 Å². The van der Waals surface area contributed by atoms with E-state index in [1.807, 2.05) is 35.2 Å². The number of amides is 1. The second-order valence-electron chi connectivity index (χ2n) is 6.67. The number of benzene rings is 2. The fraction of sp³-hybridized carbons (Fsp3) is 0.182. The molecule has 1 aliphatic rings. The number of hydrogen-bond donors (Lipinski definition) is 1. The molecule has 0 saturated heterocycles. The van der Waals surface area contributed by atoms with E-state index in [0.29, 0.717) is 12.2 Å². The molecule has 0 unspecified atom stereocenters. The topological polar surface area (TPSA) is 45.2 Å². The van der Waals surface area contributed by atoms with Gasteiger partial charge in [0.15, 0.2) is 0 Å². The van der Waals surface area contributed by atoms with Gasteiger partial charge in [0.25, 0.3) is 5.91 Å². The maximum Gasteiger partial charge on any atom is 0.272 e. The van der Waals surface area contributed by atoms with Crippen molar-refractivity contribution in [3.63, 3.8) is 0 Å². The molecule has 1 aliphatic heterocycles. The fourth-order valence-corrected chi connectivity index (χ4v) is 3.26. The Morgan fingerprint density at radius 2 is 1.77 bits per heavy atom. The van der Waals surface area contributed by atoms with Gasteiger partial charge in [-0.05, 0) is 48.7 Å². The van der Waals surface area contributed by atoms with Gasteiger partial charge >= 0.3 is 0 Å². The van der Waals surface area contributed by atoms with Gasteiger partial charge in [0.1, 0.15) is 5.69 Å². The average molecular weight is 343 g/mol. The van der Waals surface area contributed by atoms with Crippen LogP contribution >= 0.6 is 0 Å². The number of pyridine rings is 1. The van der Waals surface area contributed by atoms with E-state index < -0.39 is 0 Å². The number of aryl methyl sites for hydroxylation is 1. The van der Waals surface area contributed by atoms with Crippen LogP contribution in [-0.4, -0.2) is 22.3 Å². The van der Waals surface area contributed by atoms with Crippen LogP contribution in [0.3, 0.4) is 0 Å². The lowest BCUT2D eigenvalue weighted by Crippen LogP contribution is -2.36. The van der Waals surface area contributed by atoms with Crippen LogP contribution in [0.4, 0.5) is 11.4 Å². The minimum absolute atomic E-state index is 0.0212. The van der Waals surface area contributed by atoms with E-state index in [-0.39, 0.29) is 5.91 Å². The van der Waals surface area contributed by atoms with Crippen molar-refractivity contribution in [1.29, 1.82) is 0 Å². The van der Waals surface area contributed by atoms with Gasteiger partial charge < -0.3 is 10.2 Å². The zero-order valence-electron chi connectivity index (χ0n) is 14.8. The summed E-state index contributed by atoms with van der Waals surface area (Å²) in [5.41, 5.74) is 6.10. The fourth-order valence-electron chi connectivity index (χ4n) is 3.26. The van der Waals surface area contributed by atoms with Crippen molar-refractivity contribution < 1.29 is 4.79 Å². The molecule has 0 atom stereocenters. The Morgan fingerprint density at radius 3 is 2.58 bits per heavy atom. The minimum atomic E-state index is -0.0212. The molecule has 1 amide bonds. The van der Waals surface area contributed by atoms with Gasteiger partial charge in [0, 0.05) is 30.7 Å². The number of aromatic nitrogens is 1. The van der Waals surface area contributed by atoms with E-state index in [2.05, 4.69) is 47.6 Å². The van der Waals surface area contributed by atoms with Crippen molar-refractivity contribution in [2.24, 2.45) is 0 Å². The molecule has 1 aromatic heterocycles. The first kappa shape index (κ1) is 16.3. The first-order chi connectivity index (χ1) is 12.7. The molecule has 130 valence electrons. The maximum atomic E-state index is 12.9. The SMILES string of the molecule is Cc1ccc(Nc2ccnc(C(=O)N3CCc4ccccc4C3)c2)cc1. The summed E-state index contributed by atoms with van der Waals surface area (Å²) in [6, 6.07) is 20.2. The zero-order chi connectivity index (χ0) is 17.9. The highest BCUT2D eigenvalue weighted by Crippen LogP contribution is 2.22.